The molecule has 1 unspecified atom stereocenters. The number of likely N-dealkylation sites (tertiary alicyclic amines) is 1. The first-order valence-corrected chi connectivity index (χ1v) is 8.89. The Morgan fingerprint density at radius 2 is 2.19 bits per heavy atom. The lowest BCUT2D eigenvalue weighted by Gasteiger charge is -2.29. The lowest BCUT2D eigenvalue weighted by molar-refractivity contribution is 0.211. The summed E-state index contributed by atoms with van der Waals surface area (Å²) in [5.74, 6) is 0.386. The second kappa shape index (κ2) is 6.87. The molecule has 0 radical (unpaired) electrons. The van der Waals surface area contributed by atoms with Gasteiger partial charge in [-0.3, -0.25) is 0 Å². The SMILES string of the molecule is Cc1c(CN)cccc1S(=O)(=O)NCC1CCCN(C)C1. The van der Waals surface area contributed by atoms with Crippen LogP contribution in [-0.2, 0) is 16.6 Å². The Balaban J connectivity index is 2.08. The minimum Gasteiger partial charge on any atom is -0.326 e. The molecule has 1 aromatic carbocycles. The summed E-state index contributed by atoms with van der Waals surface area (Å²) in [6.07, 6.45) is 2.21. The van der Waals surface area contributed by atoms with Crippen LogP contribution in [0.5, 0.6) is 0 Å². The van der Waals surface area contributed by atoms with Gasteiger partial charge in [-0.1, -0.05) is 12.1 Å². The van der Waals surface area contributed by atoms with Crippen LogP contribution in [0.1, 0.15) is 24.0 Å². The molecule has 1 heterocycles. The average molecular weight is 311 g/mol. The van der Waals surface area contributed by atoms with E-state index in [9.17, 15) is 8.42 Å². The third kappa shape index (κ3) is 4.03. The molecule has 0 saturated carbocycles. The van der Waals surface area contributed by atoms with E-state index in [1.54, 1.807) is 12.1 Å². The van der Waals surface area contributed by atoms with E-state index in [1.807, 2.05) is 13.0 Å². The van der Waals surface area contributed by atoms with Crippen LogP contribution in [0.3, 0.4) is 0 Å². The highest BCUT2D eigenvalue weighted by Crippen LogP contribution is 2.20. The van der Waals surface area contributed by atoms with Crippen molar-refractivity contribution in [3.8, 4) is 0 Å². The van der Waals surface area contributed by atoms with Gasteiger partial charge in [-0.2, -0.15) is 0 Å². The Morgan fingerprint density at radius 3 is 2.86 bits per heavy atom. The molecule has 0 bridgehead atoms. The Labute approximate surface area is 127 Å². The fourth-order valence-electron chi connectivity index (χ4n) is 2.92. The van der Waals surface area contributed by atoms with Crippen molar-refractivity contribution in [2.24, 2.45) is 11.7 Å². The summed E-state index contributed by atoms with van der Waals surface area (Å²) in [7, 11) is -1.39. The van der Waals surface area contributed by atoms with Gasteiger partial charge in [-0.05, 0) is 56.5 Å². The topological polar surface area (TPSA) is 75.4 Å². The molecule has 1 aromatic rings. The van der Waals surface area contributed by atoms with Crippen molar-refractivity contribution in [2.75, 3.05) is 26.7 Å². The Hall–Kier alpha value is -0.950. The van der Waals surface area contributed by atoms with Gasteiger partial charge in [-0.25, -0.2) is 13.1 Å². The smallest absolute Gasteiger partial charge is 0.240 e. The summed E-state index contributed by atoms with van der Waals surface area (Å²) in [4.78, 5) is 2.59. The number of benzene rings is 1. The molecule has 118 valence electrons. The Bertz CT molecular complexity index is 587. The second-order valence-corrected chi connectivity index (χ2v) is 7.60. The fourth-order valence-corrected chi connectivity index (χ4v) is 4.32. The molecular formula is C15H25N3O2S. The molecule has 0 amide bonds. The Kier molecular flexibility index (Phi) is 5.37. The van der Waals surface area contributed by atoms with Gasteiger partial charge in [0, 0.05) is 19.6 Å². The van der Waals surface area contributed by atoms with E-state index in [0.29, 0.717) is 23.9 Å². The van der Waals surface area contributed by atoms with Crippen molar-refractivity contribution in [1.82, 2.24) is 9.62 Å². The van der Waals surface area contributed by atoms with E-state index in [1.165, 1.54) is 0 Å². The summed E-state index contributed by atoms with van der Waals surface area (Å²) in [5.41, 5.74) is 7.26. The van der Waals surface area contributed by atoms with Crippen LogP contribution in [0.15, 0.2) is 23.1 Å². The van der Waals surface area contributed by atoms with Crippen LogP contribution in [-0.4, -0.2) is 40.0 Å². The number of nitrogens with zero attached hydrogens (tertiary/aromatic N) is 1. The summed E-state index contributed by atoms with van der Waals surface area (Å²) in [6, 6.07) is 5.26. The van der Waals surface area contributed by atoms with E-state index in [0.717, 1.165) is 37.1 Å². The van der Waals surface area contributed by atoms with E-state index >= 15 is 0 Å². The van der Waals surface area contributed by atoms with Crippen molar-refractivity contribution < 1.29 is 8.42 Å². The van der Waals surface area contributed by atoms with Crippen LogP contribution < -0.4 is 10.5 Å². The second-order valence-electron chi connectivity index (χ2n) is 5.87. The van der Waals surface area contributed by atoms with E-state index < -0.39 is 10.0 Å². The van der Waals surface area contributed by atoms with Crippen LogP contribution in [0.2, 0.25) is 0 Å². The lowest BCUT2D eigenvalue weighted by Crippen LogP contribution is -2.39. The van der Waals surface area contributed by atoms with Gasteiger partial charge >= 0.3 is 0 Å². The van der Waals surface area contributed by atoms with Crippen LogP contribution in [0, 0.1) is 12.8 Å². The molecule has 0 aliphatic carbocycles. The molecule has 1 aliphatic heterocycles. The maximum Gasteiger partial charge on any atom is 0.240 e. The highest BCUT2D eigenvalue weighted by Gasteiger charge is 2.22. The minimum absolute atomic E-state index is 0.342. The zero-order valence-electron chi connectivity index (χ0n) is 12.8. The summed E-state index contributed by atoms with van der Waals surface area (Å²) < 4.78 is 27.7. The number of sulfonamides is 1. The third-order valence-electron chi connectivity index (χ3n) is 4.19. The molecular weight excluding hydrogens is 286 g/mol. The van der Waals surface area contributed by atoms with Gasteiger partial charge in [0.25, 0.3) is 0 Å². The largest absolute Gasteiger partial charge is 0.326 e. The molecule has 1 aliphatic rings. The number of nitrogens with one attached hydrogen (secondary N) is 1. The van der Waals surface area contributed by atoms with Crippen LogP contribution in [0.4, 0.5) is 0 Å². The van der Waals surface area contributed by atoms with Crippen molar-refractivity contribution in [1.29, 1.82) is 0 Å². The fraction of sp³-hybridized carbons (Fsp3) is 0.600. The number of piperidine rings is 1. The quantitative estimate of drug-likeness (QED) is 0.853. The van der Waals surface area contributed by atoms with Gasteiger partial charge < -0.3 is 10.6 Å². The number of hydrogen-bond donors (Lipinski definition) is 2. The molecule has 1 fully saturated rings. The van der Waals surface area contributed by atoms with Crippen molar-refractivity contribution >= 4 is 10.0 Å². The lowest BCUT2D eigenvalue weighted by atomic mass is 9.99. The van der Waals surface area contributed by atoms with E-state index in [2.05, 4.69) is 16.7 Å². The van der Waals surface area contributed by atoms with Gasteiger partial charge in [0.2, 0.25) is 10.0 Å². The molecule has 0 aromatic heterocycles. The van der Waals surface area contributed by atoms with E-state index in [-0.39, 0.29) is 0 Å². The molecule has 1 atom stereocenters. The zero-order chi connectivity index (χ0) is 15.5. The van der Waals surface area contributed by atoms with Crippen molar-refractivity contribution in [3.63, 3.8) is 0 Å². The predicted octanol–water partition coefficient (Wildman–Crippen LogP) is 1.07. The molecule has 2 rings (SSSR count). The maximum atomic E-state index is 12.5. The zero-order valence-corrected chi connectivity index (χ0v) is 13.6. The van der Waals surface area contributed by atoms with Crippen LogP contribution >= 0.6 is 0 Å². The average Bonchev–Trinajstić information content (AvgIpc) is 2.45. The van der Waals surface area contributed by atoms with Crippen LogP contribution in [0.25, 0.3) is 0 Å². The summed E-state index contributed by atoms with van der Waals surface area (Å²) in [6.45, 7) is 4.71. The number of nitrogens with two attached hydrogens (primary N) is 1. The first-order chi connectivity index (χ1) is 9.94. The van der Waals surface area contributed by atoms with Crippen molar-refractivity contribution in [3.05, 3.63) is 29.3 Å². The maximum absolute atomic E-state index is 12.5. The molecule has 0 spiro atoms. The number of hydrogen-bond acceptors (Lipinski definition) is 4. The standard InChI is InChI=1S/C15H25N3O2S/c1-12-14(9-16)6-3-7-15(12)21(19,20)17-10-13-5-4-8-18(2)11-13/h3,6-7,13,17H,4-5,8-11,16H2,1-2H3. The highest BCUT2D eigenvalue weighted by atomic mass is 32.2. The Morgan fingerprint density at radius 1 is 1.43 bits per heavy atom. The van der Waals surface area contributed by atoms with Gasteiger partial charge in [0.15, 0.2) is 0 Å². The van der Waals surface area contributed by atoms with Crippen molar-refractivity contribution in [2.45, 2.75) is 31.2 Å². The minimum atomic E-state index is -3.46. The number of rotatable bonds is 5. The monoisotopic (exact) mass is 311 g/mol. The van der Waals surface area contributed by atoms with Gasteiger partial charge in [0.1, 0.15) is 0 Å². The summed E-state index contributed by atoms with van der Waals surface area (Å²) in [5, 5.41) is 0. The van der Waals surface area contributed by atoms with Gasteiger partial charge in [-0.15, -0.1) is 0 Å². The third-order valence-corrected chi connectivity index (χ3v) is 5.76. The molecule has 21 heavy (non-hydrogen) atoms. The normalized spacial score (nSPS) is 20.6. The molecule has 5 nitrogen and oxygen atoms in total. The molecule has 6 heteroatoms. The molecule has 1 saturated heterocycles. The first-order valence-electron chi connectivity index (χ1n) is 7.41. The highest BCUT2D eigenvalue weighted by molar-refractivity contribution is 7.89. The van der Waals surface area contributed by atoms with E-state index in [4.69, 9.17) is 5.73 Å². The summed E-state index contributed by atoms with van der Waals surface area (Å²) >= 11 is 0. The molecule has 3 N–H and O–H groups in total. The predicted molar refractivity (Wildman–Crippen MR) is 84.5 cm³/mol. The first kappa shape index (κ1) is 16.4. The van der Waals surface area contributed by atoms with Gasteiger partial charge in [0.05, 0.1) is 4.90 Å².